The Morgan fingerprint density at radius 2 is 2.33 bits per heavy atom. The minimum atomic E-state index is -0.336. The maximum atomic E-state index is 10.3. The van der Waals surface area contributed by atoms with Gasteiger partial charge in [-0.2, -0.15) is 0 Å². The second kappa shape index (κ2) is 4.06. The van der Waals surface area contributed by atoms with Gasteiger partial charge in [-0.25, -0.2) is 0 Å². The molecule has 0 aromatic rings. The molecule has 0 aromatic heterocycles. The van der Waals surface area contributed by atoms with Gasteiger partial charge < -0.3 is 10.5 Å². The summed E-state index contributed by atoms with van der Waals surface area (Å²) < 4.78 is 0. The number of aldehydes is 1. The molecular weight excluding hydrogens is 118 g/mol. The Kier molecular flexibility index (Phi) is 3.67. The summed E-state index contributed by atoms with van der Waals surface area (Å²) in [6.45, 7) is 1.71. The first kappa shape index (κ1) is 8.14. The van der Waals surface area contributed by atoms with Gasteiger partial charge in [0, 0.05) is 12.3 Å². The number of primary amides is 1. The van der Waals surface area contributed by atoms with Crippen molar-refractivity contribution < 1.29 is 9.59 Å². The number of carbonyl (C=O) groups is 2. The van der Waals surface area contributed by atoms with Crippen molar-refractivity contribution in [1.29, 1.82) is 0 Å². The van der Waals surface area contributed by atoms with Gasteiger partial charge in [0.15, 0.2) is 0 Å². The molecule has 0 spiro atoms. The number of hydrogen-bond acceptors (Lipinski definition) is 2. The molecule has 1 atom stereocenters. The van der Waals surface area contributed by atoms with Gasteiger partial charge in [-0.1, -0.05) is 6.92 Å². The summed E-state index contributed by atoms with van der Waals surface area (Å²) in [4.78, 5) is 20.1. The first-order valence-corrected chi connectivity index (χ1v) is 2.91. The van der Waals surface area contributed by atoms with Crippen molar-refractivity contribution in [2.45, 2.75) is 19.8 Å². The second-order valence-electron chi connectivity index (χ2n) is 2.05. The van der Waals surface area contributed by atoms with Crippen LogP contribution in [-0.4, -0.2) is 12.2 Å². The van der Waals surface area contributed by atoms with Crippen LogP contribution in [0.2, 0.25) is 0 Å². The number of nitrogens with two attached hydrogens (primary N) is 1. The van der Waals surface area contributed by atoms with Crippen LogP contribution in [0.3, 0.4) is 0 Å². The average molecular weight is 129 g/mol. The van der Waals surface area contributed by atoms with Crippen molar-refractivity contribution in [3.8, 4) is 0 Å². The van der Waals surface area contributed by atoms with Gasteiger partial charge in [0.25, 0.3) is 0 Å². The van der Waals surface area contributed by atoms with Crippen LogP contribution >= 0.6 is 0 Å². The van der Waals surface area contributed by atoms with Crippen LogP contribution in [0.25, 0.3) is 0 Å². The lowest BCUT2D eigenvalue weighted by molar-refractivity contribution is -0.121. The molecule has 0 saturated heterocycles. The highest BCUT2D eigenvalue weighted by molar-refractivity contribution is 5.76. The predicted molar refractivity (Wildman–Crippen MR) is 33.7 cm³/mol. The van der Waals surface area contributed by atoms with Crippen molar-refractivity contribution in [1.82, 2.24) is 0 Å². The zero-order valence-electron chi connectivity index (χ0n) is 5.46. The smallest absolute Gasteiger partial charge is 0.220 e. The summed E-state index contributed by atoms with van der Waals surface area (Å²) >= 11 is 0. The van der Waals surface area contributed by atoms with Crippen molar-refractivity contribution in [3.05, 3.63) is 0 Å². The molecule has 0 aliphatic carbocycles. The van der Waals surface area contributed by atoms with E-state index in [0.717, 1.165) is 6.29 Å². The Bertz CT molecular complexity index is 112. The molecule has 9 heavy (non-hydrogen) atoms. The van der Waals surface area contributed by atoms with Crippen LogP contribution in [0.4, 0.5) is 0 Å². The third-order valence-electron chi connectivity index (χ3n) is 1.20. The summed E-state index contributed by atoms with van der Waals surface area (Å²) in [7, 11) is 0. The SMILES string of the molecule is C[C@@H](CCC=O)C(N)=O. The molecule has 3 heteroatoms. The van der Waals surface area contributed by atoms with Crippen molar-refractivity contribution >= 4 is 12.2 Å². The van der Waals surface area contributed by atoms with Gasteiger partial charge in [0.2, 0.25) is 5.91 Å². The third kappa shape index (κ3) is 3.70. The molecule has 0 radical (unpaired) electrons. The molecule has 52 valence electrons. The fourth-order valence-electron chi connectivity index (χ4n) is 0.460. The van der Waals surface area contributed by atoms with Gasteiger partial charge in [-0.05, 0) is 6.42 Å². The summed E-state index contributed by atoms with van der Waals surface area (Å²) in [5.74, 6) is -0.507. The third-order valence-corrected chi connectivity index (χ3v) is 1.20. The highest BCUT2D eigenvalue weighted by atomic mass is 16.1. The molecule has 0 aromatic carbocycles. The molecule has 0 unspecified atom stereocenters. The monoisotopic (exact) mass is 129 g/mol. The molecule has 3 nitrogen and oxygen atoms in total. The molecule has 0 rings (SSSR count). The van der Waals surface area contributed by atoms with Crippen LogP contribution in [0.15, 0.2) is 0 Å². The van der Waals surface area contributed by atoms with E-state index in [1.807, 2.05) is 0 Å². The lowest BCUT2D eigenvalue weighted by atomic mass is 10.1. The molecule has 0 fully saturated rings. The molecule has 0 saturated carbocycles. The quantitative estimate of drug-likeness (QED) is 0.547. The maximum Gasteiger partial charge on any atom is 0.220 e. The van der Waals surface area contributed by atoms with E-state index in [-0.39, 0.29) is 11.8 Å². The highest BCUT2D eigenvalue weighted by Crippen LogP contribution is 2.01. The minimum absolute atomic E-state index is 0.171. The maximum absolute atomic E-state index is 10.3. The summed E-state index contributed by atoms with van der Waals surface area (Å²) in [6.07, 6.45) is 1.78. The van der Waals surface area contributed by atoms with Gasteiger partial charge in [0.05, 0.1) is 0 Å². The van der Waals surface area contributed by atoms with E-state index >= 15 is 0 Å². The van der Waals surface area contributed by atoms with Crippen LogP contribution in [0.5, 0.6) is 0 Å². The van der Waals surface area contributed by atoms with Gasteiger partial charge >= 0.3 is 0 Å². The standard InChI is InChI=1S/C6H11NO2/c1-5(6(7)9)3-2-4-8/h4-5H,2-3H2,1H3,(H2,7,9)/t5-/m0/s1. The minimum Gasteiger partial charge on any atom is -0.369 e. The first-order chi connectivity index (χ1) is 4.18. The Morgan fingerprint density at radius 3 is 2.67 bits per heavy atom. The van der Waals surface area contributed by atoms with E-state index < -0.39 is 0 Å². The Balaban J connectivity index is 3.37. The molecule has 2 N–H and O–H groups in total. The summed E-state index contributed by atoms with van der Waals surface area (Å²) in [5, 5.41) is 0. The largest absolute Gasteiger partial charge is 0.369 e. The number of hydrogen-bond donors (Lipinski definition) is 1. The van der Waals surface area contributed by atoms with Gasteiger partial charge in [0.1, 0.15) is 6.29 Å². The van der Waals surface area contributed by atoms with Gasteiger partial charge in [-0.3, -0.25) is 4.79 Å². The zero-order valence-corrected chi connectivity index (χ0v) is 5.46. The Morgan fingerprint density at radius 1 is 1.78 bits per heavy atom. The molecule has 0 bridgehead atoms. The van der Waals surface area contributed by atoms with Crippen molar-refractivity contribution in [2.75, 3.05) is 0 Å². The summed E-state index contributed by atoms with van der Waals surface area (Å²) in [5.41, 5.74) is 4.92. The topological polar surface area (TPSA) is 60.2 Å². The van der Waals surface area contributed by atoms with Crippen molar-refractivity contribution in [2.24, 2.45) is 11.7 Å². The van der Waals surface area contributed by atoms with E-state index in [1.54, 1.807) is 6.92 Å². The number of carbonyl (C=O) groups excluding carboxylic acids is 2. The van der Waals surface area contributed by atoms with Crippen LogP contribution < -0.4 is 5.73 Å². The highest BCUT2D eigenvalue weighted by Gasteiger charge is 2.06. The zero-order chi connectivity index (χ0) is 7.28. The normalized spacial score (nSPS) is 12.6. The van der Waals surface area contributed by atoms with E-state index in [4.69, 9.17) is 5.73 Å². The molecule has 0 aliphatic rings. The fourth-order valence-corrected chi connectivity index (χ4v) is 0.460. The lowest BCUT2D eigenvalue weighted by Gasteiger charge is -2.01. The van der Waals surface area contributed by atoms with Crippen LogP contribution in [-0.2, 0) is 9.59 Å². The number of rotatable bonds is 4. The lowest BCUT2D eigenvalue weighted by Crippen LogP contribution is -2.20. The molecule has 0 heterocycles. The Hall–Kier alpha value is -0.860. The Labute approximate surface area is 54.2 Å². The molecule has 0 aliphatic heterocycles. The van der Waals surface area contributed by atoms with E-state index in [2.05, 4.69) is 0 Å². The van der Waals surface area contributed by atoms with E-state index in [0.29, 0.717) is 12.8 Å². The van der Waals surface area contributed by atoms with Crippen LogP contribution in [0, 0.1) is 5.92 Å². The molecule has 1 amide bonds. The van der Waals surface area contributed by atoms with E-state index in [9.17, 15) is 9.59 Å². The average Bonchev–Trinajstić information content (AvgIpc) is 1.82. The fraction of sp³-hybridized carbons (Fsp3) is 0.667. The van der Waals surface area contributed by atoms with Gasteiger partial charge in [-0.15, -0.1) is 0 Å². The van der Waals surface area contributed by atoms with Crippen LogP contribution in [0.1, 0.15) is 19.8 Å². The molecular formula is C6H11NO2. The summed E-state index contributed by atoms with van der Waals surface area (Å²) in [6, 6.07) is 0. The van der Waals surface area contributed by atoms with Crippen molar-refractivity contribution in [3.63, 3.8) is 0 Å². The second-order valence-corrected chi connectivity index (χ2v) is 2.05. The predicted octanol–water partition coefficient (Wildman–Crippen LogP) is 0.0869. The first-order valence-electron chi connectivity index (χ1n) is 2.91. The van der Waals surface area contributed by atoms with E-state index in [1.165, 1.54) is 0 Å². The number of amides is 1.